The van der Waals surface area contributed by atoms with Crippen molar-refractivity contribution in [1.82, 2.24) is 26.2 Å². The molecule has 3 rings (SSSR count). The monoisotopic (exact) mass is 934 g/mol. The van der Waals surface area contributed by atoms with Crippen molar-refractivity contribution in [3.8, 4) is 0 Å². The summed E-state index contributed by atoms with van der Waals surface area (Å²) in [6, 6.07) is 4.84. The van der Waals surface area contributed by atoms with E-state index in [4.69, 9.17) is 4.74 Å². The summed E-state index contributed by atoms with van der Waals surface area (Å²) in [5.41, 5.74) is -1.57. The zero-order valence-corrected chi connectivity index (χ0v) is 37.8. The fraction of sp³-hybridized carbons (Fsp3) is 0.525. The fourth-order valence-electron chi connectivity index (χ4n) is 6.38. The van der Waals surface area contributed by atoms with Crippen LogP contribution < -0.4 is 26.6 Å². The van der Waals surface area contributed by atoms with Gasteiger partial charge in [0.1, 0.15) is 19.3 Å². The maximum atomic E-state index is 13.8. The van der Waals surface area contributed by atoms with E-state index in [1.54, 1.807) is 24.3 Å². The highest BCUT2D eigenvalue weighted by Crippen LogP contribution is 2.66. The summed E-state index contributed by atoms with van der Waals surface area (Å²) in [7, 11) is 3.74. The summed E-state index contributed by atoms with van der Waals surface area (Å²) in [5, 5.41) is 11.5. The molecule has 342 valence electrons. The number of rotatable bonds is 28. The topological polar surface area (TPSA) is 295 Å². The minimum absolute atomic E-state index is 0.0468. The van der Waals surface area contributed by atoms with E-state index in [-0.39, 0.29) is 68.5 Å². The molecule has 0 saturated carbocycles. The van der Waals surface area contributed by atoms with Gasteiger partial charge in [0.2, 0.25) is 46.8 Å². The van der Waals surface area contributed by atoms with Gasteiger partial charge >= 0.3 is 0 Å². The lowest BCUT2D eigenvalue weighted by molar-refractivity contribution is -0.155. The van der Waals surface area contributed by atoms with Gasteiger partial charge in [0.15, 0.2) is 38.8 Å². The molecular formula is C40H50N6O14S3. The quantitative estimate of drug-likeness (QED) is 0.0310. The second kappa shape index (κ2) is 24.0. The second-order valence-electron chi connectivity index (χ2n) is 14.4. The van der Waals surface area contributed by atoms with E-state index in [2.05, 4.69) is 26.6 Å². The van der Waals surface area contributed by atoms with E-state index in [0.717, 1.165) is 64.6 Å². The number of nitrogens with zero attached hydrogens (tertiary/aromatic N) is 1. The third kappa shape index (κ3) is 14.4. The van der Waals surface area contributed by atoms with Crippen LogP contribution in [0.25, 0.3) is 0 Å². The van der Waals surface area contributed by atoms with Crippen LogP contribution in [0.4, 0.5) is 5.69 Å². The van der Waals surface area contributed by atoms with Crippen molar-refractivity contribution in [3.05, 3.63) is 29.8 Å². The second-order valence-corrected chi connectivity index (χ2v) is 18.6. The molecule has 63 heavy (non-hydrogen) atoms. The first-order chi connectivity index (χ1) is 29.7. The number of hydrogen-bond acceptors (Lipinski definition) is 17. The average Bonchev–Trinajstić information content (AvgIpc) is 3.99. The molecule has 2 heterocycles. The van der Waals surface area contributed by atoms with Crippen LogP contribution in [0.2, 0.25) is 0 Å². The first-order valence-corrected chi connectivity index (χ1v) is 22.8. The number of carbonyl (C=O) groups is 13. The van der Waals surface area contributed by atoms with Gasteiger partial charge in [-0.25, -0.2) is 0 Å². The molecule has 2 fully saturated rings. The summed E-state index contributed by atoms with van der Waals surface area (Å²) in [4.78, 5) is 164. The third-order valence-corrected chi connectivity index (χ3v) is 14.1. The van der Waals surface area contributed by atoms with E-state index in [1.807, 2.05) is 0 Å². The maximum Gasteiger partial charge on any atom is 0.250 e. The van der Waals surface area contributed by atoms with Gasteiger partial charge in [-0.1, -0.05) is 33.7 Å². The lowest BCUT2D eigenvalue weighted by Crippen LogP contribution is -2.60. The largest absolute Gasteiger partial charge is 0.362 e. The summed E-state index contributed by atoms with van der Waals surface area (Å²) >= 11 is 0.968. The molecule has 0 radical (unpaired) electrons. The first-order valence-electron chi connectivity index (χ1n) is 19.6. The van der Waals surface area contributed by atoms with Crippen LogP contribution in [0, 0.1) is 5.41 Å². The van der Waals surface area contributed by atoms with E-state index < -0.39 is 99.0 Å². The van der Waals surface area contributed by atoms with Gasteiger partial charge in [-0.2, -0.15) is 0 Å². The predicted molar refractivity (Wildman–Crippen MR) is 231 cm³/mol. The van der Waals surface area contributed by atoms with Gasteiger partial charge in [0.05, 0.1) is 5.25 Å². The van der Waals surface area contributed by atoms with Crippen molar-refractivity contribution in [3.63, 3.8) is 0 Å². The minimum Gasteiger partial charge on any atom is -0.362 e. The highest BCUT2D eigenvalue weighted by Gasteiger charge is 2.57. The molecule has 1 unspecified atom stereocenters. The molecule has 2 aliphatic rings. The van der Waals surface area contributed by atoms with Crippen molar-refractivity contribution >= 4 is 115 Å². The zero-order chi connectivity index (χ0) is 47.1. The lowest BCUT2D eigenvalue weighted by atomic mass is 9.71. The van der Waals surface area contributed by atoms with Crippen molar-refractivity contribution in [2.24, 2.45) is 5.41 Å². The molecule has 2 aliphatic heterocycles. The van der Waals surface area contributed by atoms with Crippen molar-refractivity contribution < 1.29 is 67.1 Å². The lowest BCUT2D eigenvalue weighted by Gasteiger charge is -2.29. The number of ether oxygens (including phenoxy) is 1. The minimum atomic E-state index is -2.78. The molecule has 2 saturated heterocycles. The highest BCUT2D eigenvalue weighted by atomic mass is 33.2. The fourth-order valence-corrected chi connectivity index (χ4v) is 9.72. The number of aryl methyl sites for hydroxylation is 1. The maximum absolute atomic E-state index is 13.8. The van der Waals surface area contributed by atoms with Crippen LogP contribution in [-0.2, 0) is 73.5 Å². The smallest absolute Gasteiger partial charge is 0.250 e. The summed E-state index contributed by atoms with van der Waals surface area (Å²) in [6.45, 7) is 1.94. The van der Waals surface area contributed by atoms with Crippen LogP contribution in [0.15, 0.2) is 24.3 Å². The van der Waals surface area contributed by atoms with E-state index in [0.29, 0.717) is 12.1 Å². The van der Waals surface area contributed by atoms with Crippen molar-refractivity contribution in [2.75, 3.05) is 51.0 Å². The Morgan fingerprint density at radius 2 is 1.41 bits per heavy atom. The van der Waals surface area contributed by atoms with Crippen LogP contribution >= 0.6 is 33.3 Å². The number of nitrogens with one attached hydrogen (secondary N) is 5. The third-order valence-electron chi connectivity index (χ3n) is 9.90. The predicted octanol–water partition coefficient (Wildman–Crippen LogP) is -0.360. The van der Waals surface area contributed by atoms with Crippen molar-refractivity contribution in [2.45, 2.75) is 81.6 Å². The molecule has 5 N–H and O–H groups in total. The molecule has 20 nitrogen and oxygen atoms in total. The summed E-state index contributed by atoms with van der Waals surface area (Å²) < 4.78 is 3.99. The number of hydrogen-bond donors (Lipinski definition) is 5. The normalized spacial score (nSPS) is 15.7. The van der Waals surface area contributed by atoms with E-state index in [1.165, 1.54) is 14.0 Å². The van der Waals surface area contributed by atoms with Gasteiger partial charge < -0.3 is 31.3 Å². The number of likely N-dealkylation sites (tertiary alicyclic amines) is 1. The zero-order valence-electron chi connectivity index (χ0n) is 35.3. The summed E-state index contributed by atoms with van der Waals surface area (Å²) in [6.07, 6.45) is 0.0232. The van der Waals surface area contributed by atoms with E-state index in [9.17, 15) is 62.3 Å². The Morgan fingerprint density at radius 1 is 0.794 bits per heavy atom. The van der Waals surface area contributed by atoms with Crippen LogP contribution in [0.3, 0.4) is 0 Å². The van der Waals surface area contributed by atoms with E-state index >= 15 is 0 Å². The number of Topliss-reactive ketones (excluding diaryl/α,β-unsaturated/α-hetero) is 6. The van der Waals surface area contributed by atoms with Gasteiger partial charge in [-0.3, -0.25) is 67.2 Å². The Balaban J connectivity index is 1.51. The van der Waals surface area contributed by atoms with Crippen LogP contribution in [0.1, 0.15) is 65.4 Å². The molecule has 1 aromatic rings. The Bertz CT molecular complexity index is 1990. The standard InChI is InChI=1S/C40H50N6O14S3/c1-22(47)39(23(2)48,24(3)49)37(58)28(45-33(54)14-17-61-29-18-36(57)46(38(29)59)16-13-30(51)40(25(4)50)62-63-40)19-43-34(55)20-60-21-35(56)44-27-9-6-26(7-10-27)8-11-32(53)42-15-12-31(52)41-5/h6-7,9-10,28-29H,8,11-21H2,1-5H3,(H,41,52)(H,42,53)(H,43,55)(H,44,56)(H,45,54)/t28-,29?/m1/s1. The molecule has 23 heteroatoms. The molecule has 0 aliphatic carbocycles. The number of amides is 7. The van der Waals surface area contributed by atoms with Gasteiger partial charge in [-0.05, 0) is 51.8 Å². The molecule has 1 aromatic carbocycles. The number of thioether (sulfide) groups is 1. The average molecular weight is 935 g/mol. The molecule has 0 spiro atoms. The Kier molecular flexibility index (Phi) is 19.8. The van der Waals surface area contributed by atoms with Crippen molar-refractivity contribution in [1.29, 1.82) is 0 Å². The molecular weight excluding hydrogens is 885 g/mol. The molecule has 2 atom stereocenters. The molecule has 7 amide bonds. The van der Waals surface area contributed by atoms with Crippen LogP contribution in [-0.4, -0.2) is 142 Å². The Morgan fingerprint density at radius 3 is 1.98 bits per heavy atom. The van der Waals surface area contributed by atoms with Gasteiger partial charge in [0.25, 0.3) is 0 Å². The SMILES string of the molecule is CNC(=O)CCNC(=O)CCc1ccc(NC(=O)COCC(=O)NC[C@@H](NC(=O)CCSC2CC(=O)N(CCC(=O)C3(C(C)=O)SS3)C2=O)C(=O)C(C(C)=O)(C(C)=O)C(C)=O)cc1. The first kappa shape index (κ1) is 52.1. The number of anilines is 1. The Labute approximate surface area is 374 Å². The highest BCUT2D eigenvalue weighted by molar-refractivity contribution is 8.94. The number of imide groups is 1. The van der Waals surface area contributed by atoms with Gasteiger partial charge in [-0.15, -0.1) is 11.8 Å². The summed E-state index contributed by atoms with van der Waals surface area (Å²) in [5.74, 6) is -9.18. The van der Waals surface area contributed by atoms with Crippen LogP contribution in [0.5, 0.6) is 0 Å². The van der Waals surface area contributed by atoms with Gasteiger partial charge in [0, 0.05) is 70.2 Å². The molecule has 0 aromatic heterocycles. The number of carbonyl (C=O) groups excluding carboxylic acids is 13. The number of ketones is 6. The Hall–Kier alpha value is -5.26. The molecule has 0 bridgehead atoms. The number of benzene rings is 1.